The Morgan fingerprint density at radius 2 is 2.18 bits per heavy atom. The zero-order chi connectivity index (χ0) is 8.01. The van der Waals surface area contributed by atoms with Gasteiger partial charge in [-0.1, -0.05) is 0 Å². The molecular weight excluding hydrogens is 156 g/mol. The predicted octanol–water partition coefficient (Wildman–Crippen LogP) is 2.25. The molecule has 0 aliphatic rings. The van der Waals surface area contributed by atoms with Gasteiger partial charge in [0.25, 0.3) is 0 Å². The van der Waals surface area contributed by atoms with Crippen molar-refractivity contribution in [3.05, 3.63) is 16.6 Å². The van der Waals surface area contributed by atoms with E-state index in [9.17, 15) is 0 Å². The fourth-order valence-electron chi connectivity index (χ4n) is 1.22. The van der Waals surface area contributed by atoms with Crippen molar-refractivity contribution in [2.45, 2.75) is 13.8 Å². The second-order valence-corrected chi connectivity index (χ2v) is 4.02. The number of aryl methyl sites for hydroxylation is 3. The zero-order valence-electron chi connectivity index (χ0n) is 6.88. The molecule has 0 spiro atoms. The number of hydrogen-bond acceptors (Lipinski definition) is 2. The third kappa shape index (κ3) is 0.878. The van der Waals surface area contributed by atoms with E-state index >= 15 is 0 Å². The molecule has 2 rings (SSSR count). The van der Waals surface area contributed by atoms with Crippen LogP contribution >= 0.6 is 11.3 Å². The van der Waals surface area contributed by atoms with Gasteiger partial charge < -0.3 is 0 Å². The number of hydrogen-bond donors (Lipinski definition) is 0. The Bertz CT molecular complexity index is 397. The number of thiophene rings is 1. The van der Waals surface area contributed by atoms with E-state index in [-0.39, 0.29) is 0 Å². The zero-order valence-corrected chi connectivity index (χ0v) is 7.70. The molecule has 0 fully saturated rings. The number of aromatic nitrogens is 2. The summed E-state index contributed by atoms with van der Waals surface area (Å²) in [5.41, 5.74) is 1.25. The summed E-state index contributed by atoms with van der Waals surface area (Å²) in [6, 6.07) is 2.20. The Kier molecular flexibility index (Phi) is 1.29. The highest BCUT2D eigenvalue weighted by Crippen LogP contribution is 2.25. The first-order chi connectivity index (χ1) is 5.18. The van der Waals surface area contributed by atoms with Crippen LogP contribution in [0.2, 0.25) is 0 Å². The molecule has 2 nitrogen and oxygen atoms in total. The average molecular weight is 166 g/mol. The number of fused-ring (bicyclic) bond motifs is 1. The van der Waals surface area contributed by atoms with E-state index in [1.807, 2.05) is 11.7 Å². The van der Waals surface area contributed by atoms with Crippen molar-refractivity contribution in [3.63, 3.8) is 0 Å². The van der Waals surface area contributed by atoms with E-state index in [4.69, 9.17) is 0 Å². The maximum absolute atomic E-state index is 4.37. The molecule has 58 valence electrons. The average Bonchev–Trinajstić information content (AvgIpc) is 2.37. The van der Waals surface area contributed by atoms with Crippen LogP contribution in [0.1, 0.15) is 10.6 Å². The molecule has 2 aromatic heterocycles. The van der Waals surface area contributed by atoms with Gasteiger partial charge in [0.05, 0.1) is 0 Å². The Morgan fingerprint density at radius 1 is 1.45 bits per heavy atom. The molecule has 3 heteroatoms. The van der Waals surface area contributed by atoms with Gasteiger partial charge in [-0.05, 0) is 19.9 Å². The lowest BCUT2D eigenvalue weighted by Crippen LogP contribution is -1.91. The van der Waals surface area contributed by atoms with Gasteiger partial charge in [-0.15, -0.1) is 11.3 Å². The summed E-state index contributed by atoms with van der Waals surface area (Å²) in [5, 5.41) is 5.67. The van der Waals surface area contributed by atoms with Crippen LogP contribution in [0.4, 0.5) is 0 Å². The standard InChI is InChI=1S/C8H10N2S/c1-5-4-7-6(2)10(3)9-8(7)11-5/h4H,1-3H3. The molecule has 0 unspecified atom stereocenters. The predicted molar refractivity (Wildman–Crippen MR) is 48.1 cm³/mol. The summed E-state index contributed by atoms with van der Waals surface area (Å²) >= 11 is 1.76. The molecule has 0 radical (unpaired) electrons. The summed E-state index contributed by atoms with van der Waals surface area (Å²) in [4.78, 5) is 2.49. The largest absolute Gasteiger partial charge is 0.271 e. The maximum atomic E-state index is 4.37. The van der Waals surface area contributed by atoms with E-state index < -0.39 is 0 Å². The summed E-state index contributed by atoms with van der Waals surface area (Å²) < 4.78 is 1.93. The van der Waals surface area contributed by atoms with Gasteiger partial charge in [-0.25, -0.2) is 0 Å². The van der Waals surface area contributed by atoms with Gasteiger partial charge >= 0.3 is 0 Å². The molecule has 2 heterocycles. The minimum Gasteiger partial charge on any atom is -0.271 e. The summed E-state index contributed by atoms with van der Waals surface area (Å²) in [6.45, 7) is 4.22. The van der Waals surface area contributed by atoms with Crippen LogP contribution in [0, 0.1) is 13.8 Å². The molecule has 2 aromatic rings. The van der Waals surface area contributed by atoms with Gasteiger partial charge in [0.2, 0.25) is 0 Å². The van der Waals surface area contributed by atoms with E-state index in [2.05, 4.69) is 25.0 Å². The maximum Gasteiger partial charge on any atom is 0.145 e. The lowest BCUT2D eigenvalue weighted by atomic mass is 10.3. The minimum atomic E-state index is 1.16. The molecule has 0 atom stereocenters. The van der Waals surface area contributed by atoms with Crippen LogP contribution in [0.25, 0.3) is 10.2 Å². The Hall–Kier alpha value is -0.830. The van der Waals surface area contributed by atoms with E-state index in [0.29, 0.717) is 0 Å². The molecule has 0 aromatic carbocycles. The Balaban J connectivity index is 2.88. The minimum absolute atomic E-state index is 1.16. The number of rotatable bonds is 0. The fourth-order valence-corrected chi connectivity index (χ4v) is 2.18. The topological polar surface area (TPSA) is 17.8 Å². The van der Waals surface area contributed by atoms with Gasteiger partial charge in [-0.2, -0.15) is 5.10 Å². The fraction of sp³-hybridized carbons (Fsp3) is 0.375. The summed E-state index contributed by atoms with van der Waals surface area (Å²) in [6.07, 6.45) is 0. The van der Waals surface area contributed by atoms with Crippen molar-refractivity contribution in [2.75, 3.05) is 0 Å². The first kappa shape index (κ1) is 6.85. The Labute approximate surface area is 69.5 Å². The second-order valence-electron chi connectivity index (χ2n) is 2.78. The molecule has 0 saturated carbocycles. The van der Waals surface area contributed by atoms with Crippen molar-refractivity contribution >= 4 is 21.6 Å². The molecule has 0 saturated heterocycles. The second kappa shape index (κ2) is 2.08. The highest BCUT2D eigenvalue weighted by atomic mass is 32.1. The van der Waals surface area contributed by atoms with Crippen molar-refractivity contribution < 1.29 is 0 Å². The van der Waals surface area contributed by atoms with Crippen LogP contribution in [-0.2, 0) is 7.05 Å². The third-order valence-electron chi connectivity index (χ3n) is 1.95. The highest BCUT2D eigenvalue weighted by molar-refractivity contribution is 7.18. The van der Waals surface area contributed by atoms with Gasteiger partial charge in [-0.3, -0.25) is 4.68 Å². The normalized spacial score (nSPS) is 11.2. The molecule has 0 aliphatic carbocycles. The van der Waals surface area contributed by atoms with Crippen LogP contribution < -0.4 is 0 Å². The third-order valence-corrected chi connectivity index (χ3v) is 2.89. The first-order valence-electron chi connectivity index (χ1n) is 3.58. The van der Waals surface area contributed by atoms with E-state index in [1.165, 1.54) is 16.0 Å². The molecule has 0 N–H and O–H groups in total. The summed E-state index contributed by atoms with van der Waals surface area (Å²) in [5.74, 6) is 0. The van der Waals surface area contributed by atoms with Crippen molar-refractivity contribution in [1.82, 2.24) is 9.78 Å². The number of nitrogens with zero attached hydrogens (tertiary/aromatic N) is 2. The summed E-state index contributed by atoms with van der Waals surface area (Å²) in [7, 11) is 1.98. The monoisotopic (exact) mass is 166 g/mol. The lowest BCUT2D eigenvalue weighted by molar-refractivity contribution is 0.752. The molecule has 0 amide bonds. The van der Waals surface area contributed by atoms with Crippen molar-refractivity contribution in [1.29, 1.82) is 0 Å². The lowest BCUT2D eigenvalue weighted by Gasteiger charge is -1.90. The van der Waals surface area contributed by atoms with E-state index in [1.54, 1.807) is 11.3 Å². The molecule has 11 heavy (non-hydrogen) atoms. The molecular formula is C8H10N2S. The van der Waals surface area contributed by atoms with Crippen LogP contribution in [0.5, 0.6) is 0 Å². The van der Waals surface area contributed by atoms with Crippen molar-refractivity contribution in [2.24, 2.45) is 7.05 Å². The van der Waals surface area contributed by atoms with Crippen LogP contribution in [0.15, 0.2) is 6.07 Å². The van der Waals surface area contributed by atoms with E-state index in [0.717, 1.165) is 4.83 Å². The smallest absolute Gasteiger partial charge is 0.145 e. The van der Waals surface area contributed by atoms with Gasteiger partial charge in [0.15, 0.2) is 0 Å². The van der Waals surface area contributed by atoms with Crippen molar-refractivity contribution in [3.8, 4) is 0 Å². The molecule has 0 bridgehead atoms. The first-order valence-corrected chi connectivity index (χ1v) is 4.40. The van der Waals surface area contributed by atoms with Crippen LogP contribution in [0.3, 0.4) is 0 Å². The Morgan fingerprint density at radius 3 is 2.82 bits per heavy atom. The molecule has 0 aliphatic heterocycles. The SMILES string of the molecule is Cc1cc2c(C)n(C)nc2s1. The quantitative estimate of drug-likeness (QED) is 0.587. The highest BCUT2D eigenvalue weighted by Gasteiger charge is 2.06. The van der Waals surface area contributed by atoms with Crippen LogP contribution in [-0.4, -0.2) is 9.78 Å². The van der Waals surface area contributed by atoms with Gasteiger partial charge in [0.1, 0.15) is 4.83 Å². The van der Waals surface area contributed by atoms with Gasteiger partial charge in [0, 0.05) is 23.0 Å².